The zero-order valence-electron chi connectivity index (χ0n) is 20.7. The van der Waals surface area contributed by atoms with Gasteiger partial charge in [-0.05, 0) is 80.5 Å². The normalized spacial score (nSPS) is 13.2. The number of likely N-dealkylation sites (N-methyl/N-ethyl adjacent to an activating group) is 1. The summed E-state index contributed by atoms with van der Waals surface area (Å²) in [6, 6.07) is 14.7. The number of hydrogen-bond acceptors (Lipinski definition) is 6. The average molecular weight is 522 g/mol. The monoisotopic (exact) mass is 521 g/mol. The Kier molecular flexibility index (Phi) is 8.37. The van der Waals surface area contributed by atoms with Gasteiger partial charge in [0.1, 0.15) is 11.6 Å². The molecule has 0 spiro atoms. The minimum Gasteiger partial charge on any atom is -0.497 e. The fraction of sp³-hybridized carbons (Fsp3) is 0.259. The Balaban J connectivity index is 1.46. The van der Waals surface area contributed by atoms with Crippen molar-refractivity contribution in [2.24, 2.45) is 0 Å². The van der Waals surface area contributed by atoms with E-state index in [2.05, 4.69) is 20.5 Å². The van der Waals surface area contributed by atoms with E-state index in [1.54, 1.807) is 60.5 Å². The number of halogens is 1. The Hall–Kier alpha value is -3.95. The van der Waals surface area contributed by atoms with Gasteiger partial charge in [0.05, 0.1) is 29.9 Å². The van der Waals surface area contributed by atoms with Crippen LogP contribution in [0.1, 0.15) is 33.6 Å². The maximum atomic E-state index is 13.0. The fourth-order valence-electron chi connectivity index (χ4n) is 3.99. The highest BCUT2D eigenvalue weighted by atomic mass is 35.5. The number of likely N-dealkylation sites (tertiary alicyclic amines) is 1. The molecule has 9 nitrogen and oxygen atoms in total. The van der Waals surface area contributed by atoms with Crippen LogP contribution in [0.15, 0.2) is 60.8 Å². The van der Waals surface area contributed by atoms with Crippen LogP contribution in [0.2, 0.25) is 5.02 Å². The summed E-state index contributed by atoms with van der Waals surface area (Å²) in [4.78, 5) is 46.4. The quantitative estimate of drug-likeness (QED) is 0.458. The second kappa shape index (κ2) is 11.9. The van der Waals surface area contributed by atoms with E-state index in [4.69, 9.17) is 16.3 Å². The van der Waals surface area contributed by atoms with Crippen molar-refractivity contribution >= 4 is 46.5 Å². The zero-order valence-corrected chi connectivity index (χ0v) is 21.4. The minimum absolute atomic E-state index is 0.00293. The highest BCUT2D eigenvalue weighted by molar-refractivity contribution is 6.30. The van der Waals surface area contributed by atoms with Crippen molar-refractivity contribution in [1.29, 1.82) is 0 Å². The number of benzene rings is 2. The van der Waals surface area contributed by atoms with Gasteiger partial charge >= 0.3 is 0 Å². The Morgan fingerprint density at radius 2 is 1.73 bits per heavy atom. The molecular formula is C27H28ClN5O4. The molecule has 1 saturated heterocycles. The van der Waals surface area contributed by atoms with Gasteiger partial charge in [0.2, 0.25) is 5.91 Å². The van der Waals surface area contributed by atoms with Gasteiger partial charge < -0.3 is 20.3 Å². The third-order valence-corrected chi connectivity index (χ3v) is 6.36. The second-order valence-electron chi connectivity index (χ2n) is 8.66. The number of nitrogens with zero attached hydrogens (tertiary/aromatic N) is 3. The molecular weight excluding hydrogens is 494 g/mol. The molecule has 1 aromatic heterocycles. The van der Waals surface area contributed by atoms with Crippen LogP contribution < -0.4 is 20.3 Å². The van der Waals surface area contributed by atoms with Crippen LogP contribution in [0.3, 0.4) is 0 Å². The molecule has 4 rings (SSSR count). The van der Waals surface area contributed by atoms with Crippen molar-refractivity contribution in [2.75, 3.05) is 49.3 Å². The van der Waals surface area contributed by atoms with Crippen LogP contribution in [0, 0.1) is 0 Å². The number of rotatable bonds is 8. The summed E-state index contributed by atoms with van der Waals surface area (Å²) in [5.41, 5.74) is 1.58. The first-order valence-electron chi connectivity index (χ1n) is 11.9. The maximum Gasteiger partial charge on any atom is 0.259 e. The molecule has 1 aliphatic rings. The third-order valence-electron chi connectivity index (χ3n) is 6.14. The molecule has 3 amide bonds. The molecule has 10 heteroatoms. The SMILES string of the molecule is COc1ccc(NC(=O)c2ccc(N(C)C(=O)CN3CCCC3)cc2)c(C(=O)Nc2ccc(Cl)cn2)c1. The van der Waals surface area contributed by atoms with Gasteiger partial charge in [-0.3, -0.25) is 19.3 Å². The van der Waals surface area contributed by atoms with Crippen LogP contribution in [-0.4, -0.2) is 61.4 Å². The van der Waals surface area contributed by atoms with E-state index in [9.17, 15) is 14.4 Å². The topological polar surface area (TPSA) is 104 Å². The number of amides is 3. The molecule has 3 aromatic rings. The summed E-state index contributed by atoms with van der Waals surface area (Å²) in [6.07, 6.45) is 3.67. The summed E-state index contributed by atoms with van der Waals surface area (Å²) >= 11 is 5.86. The average Bonchev–Trinajstić information content (AvgIpc) is 3.42. The van der Waals surface area contributed by atoms with E-state index in [-0.39, 0.29) is 11.5 Å². The van der Waals surface area contributed by atoms with Gasteiger partial charge in [-0.2, -0.15) is 0 Å². The highest BCUT2D eigenvalue weighted by Gasteiger charge is 2.20. The molecule has 0 bridgehead atoms. The molecule has 0 aliphatic carbocycles. The molecule has 0 saturated carbocycles. The predicted octanol–water partition coefficient (Wildman–Crippen LogP) is 4.31. The lowest BCUT2D eigenvalue weighted by molar-refractivity contribution is -0.119. The van der Waals surface area contributed by atoms with Gasteiger partial charge in [-0.15, -0.1) is 0 Å². The molecule has 2 aromatic carbocycles. The van der Waals surface area contributed by atoms with Gasteiger partial charge in [0.25, 0.3) is 11.8 Å². The lowest BCUT2D eigenvalue weighted by Gasteiger charge is -2.21. The molecule has 0 unspecified atom stereocenters. The lowest BCUT2D eigenvalue weighted by Crippen LogP contribution is -2.37. The van der Waals surface area contributed by atoms with E-state index in [1.165, 1.54) is 19.4 Å². The Morgan fingerprint density at radius 3 is 2.38 bits per heavy atom. The van der Waals surface area contributed by atoms with Gasteiger partial charge in [0, 0.05) is 24.5 Å². The number of carbonyl (C=O) groups excluding carboxylic acids is 3. The molecule has 1 aliphatic heterocycles. The summed E-state index contributed by atoms with van der Waals surface area (Å²) in [5.74, 6) is -0.103. The van der Waals surface area contributed by atoms with Crippen molar-refractivity contribution in [3.63, 3.8) is 0 Å². The summed E-state index contributed by atoms with van der Waals surface area (Å²) in [6.45, 7) is 2.27. The van der Waals surface area contributed by atoms with E-state index >= 15 is 0 Å². The Labute approximate surface area is 220 Å². The largest absolute Gasteiger partial charge is 0.497 e. The lowest BCUT2D eigenvalue weighted by atomic mass is 10.1. The number of carbonyl (C=O) groups is 3. The molecule has 37 heavy (non-hydrogen) atoms. The van der Waals surface area contributed by atoms with E-state index in [0.717, 1.165) is 25.9 Å². The summed E-state index contributed by atoms with van der Waals surface area (Å²) in [7, 11) is 3.22. The molecule has 1 fully saturated rings. The third kappa shape index (κ3) is 6.63. The van der Waals surface area contributed by atoms with E-state index < -0.39 is 11.8 Å². The van der Waals surface area contributed by atoms with Crippen molar-refractivity contribution < 1.29 is 19.1 Å². The zero-order chi connectivity index (χ0) is 26.4. The first kappa shape index (κ1) is 26.1. The highest BCUT2D eigenvalue weighted by Crippen LogP contribution is 2.25. The molecule has 0 radical (unpaired) electrons. The predicted molar refractivity (Wildman–Crippen MR) is 144 cm³/mol. The smallest absolute Gasteiger partial charge is 0.259 e. The van der Waals surface area contributed by atoms with Crippen LogP contribution in [0.25, 0.3) is 0 Å². The number of ether oxygens (including phenoxy) is 1. The number of hydrogen-bond donors (Lipinski definition) is 2. The minimum atomic E-state index is -0.475. The number of methoxy groups -OCH3 is 1. The van der Waals surface area contributed by atoms with Gasteiger partial charge in [0.15, 0.2) is 0 Å². The number of nitrogens with one attached hydrogen (secondary N) is 2. The van der Waals surface area contributed by atoms with E-state index in [1.807, 2.05) is 0 Å². The molecule has 192 valence electrons. The standard InChI is InChI=1S/C27H28ClN5O4/c1-32(25(34)17-33-13-3-4-14-33)20-8-5-18(6-9-20)26(35)30-23-11-10-21(37-2)15-22(23)27(36)31-24-12-7-19(28)16-29-24/h5-12,15-16H,3-4,13-14,17H2,1-2H3,(H,30,35)(H,29,31,36). The Morgan fingerprint density at radius 1 is 1.00 bits per heavy atom. The van der Waals surface area contributed by atoms with E-state index in [0.29, 0.717) is 40.1 Å². The van der Waals surface area contributed by atoms with Crippen molar-refractivity contribution in [2.45, 2.75) is 12.8 Å². The van der Waals surface area contributed by atoms with Gasteiger partial charge in [-0.1, -0.05) is 11.6 Å². The maximum absolute atomic E-state index is 13.0. The van der Waals surface area contributed by atoms with Gasteiger partial charge in [-0.25, -0.2) is 4.98 Å². The number of pyridine rings is 1. The van der Waals surface area contributed by atoms with Crippen molar-refractivity contribution in [3.8, 4) is 5.75 Å². The molecule has 2 N–H and O–H groups in total. The molecule has 2 heterocycles. The fourth-order valence-corrected chi connectivity index (χ4v) is 4.11. The van der Waals surface area contributed by atoms with Crippen LogP contribution >= 0.6 is 11.6 Å². The van der Waals surface area contributed by atoms with Crippen LogP contribution in [0.5, 0.6) is 5.75 Å². The van der Waals surface area contributed by atoms with Crippen LogP contribution in [0.4, 0.5) is 17.2 Å². The Bertz CT molecular complexity index is 1270. The number of aromatic nitrogens is 1. The summed E-state index contributed by atoms with van der Waals surface area (Å²) < 4.78 is 5.25. The second-order valence-corrected chi connectivity index (χ2v) is 9.10. The first-order chi connectivity index (χ1) is 17.8. The molecule has 0 atom stereocenters. The number of anilines is 3. The summed E-state index contributed by atoms with van der Waals surface area (Å²) in [5, 5.41) is 5.92. The van der Waals surface area contributed by atoms with Crippen molar-refractivity contribution in [1.82, 2.24) is 9.88 Å². The first-order valence-corrected chi connectivity index (χ1v) is 12.2. The van der Waals surface area contributed by atoms with Crippen LogP contribution in [-0.2, 0) is 4.79 Å². The van der Waals surface area contributed by atoms with Crippen molar-refractivity contribution in [3.05, 3.63) is 76.9 Å².